The van der Waals surface area contributed by atoms with Crippen molar-refractivity contribution in [2.75, 3.05) is 26.7 Å². The number of thiophene rings is 1. The lowest BCUT2D eigenvalue weighted by Crippen LogP contribution is -3.10. The Labute approximate surface area is 141 Å². The average Bonchev–Trinajstić information content (AvgIpc) is 3.27. The number of aromatic hydroxyl groups is 1. The van der Waals surface area contributed by atoms with Gasteiger partial charge in [0.15, 0.2) is 0 Å². The van der Waals surface area contributed by atoms with Gasteiger partial charge in [-0.25, -0.2) is 0 Å². The van der Waals surface area contributed by atoms with Gasteiger partial charge in [-0.1, -0.05) is 6.07 Å². The molecule has 23 heavy (non-hydrogen) atoms. The van der Waals surface area contributed by atoms with Crippen molar-refractivity contribution in [3.8, 4) is 11.5 Å². The van der Waals surface area contributed by atoms with E-state index < -0.39 is 0 Å². The maximum Gasteiger partial charge on any atom is 0.142 e. The van der Waals surface area contributed by atoms with E-state index in [1.54, 1.807) is 30.4 Å². The van der Waals surface area contributed by atoms with E-state index >= 15 is 0 Å². The molecule has 5 heteroatoms. The average molecular weight is 331 g/mol. The minimum atomic E-state index is 0.232. The van der Waals surface area contributed by atoms with Gasteiger partial charge >= 0.3 is 0 Å². The number of nitrogens with zero attached hydrogens (tertiary/aromatic N) is 1. The van der Waals surface area contributed by atoms with Crippen molar-refractivity contribution >= 4 is 17.6 Å². The van der Waals surface area contributed by atoms with Crippen LogP contribution in [0.1, 0.15) is 29.3 Å². The summed E-state index contributed by atoms with van der Waals surface area (Å²) in [5, 5.41) is 12.1. The third kappa shape index (κ3) is 3.92. The van der Waals surface area contributed by atoms with Gasteiger partial charge in [0.25, 0.3) is 0 Å². The topological polar surface area (TPSA) is 46.3 Å². The van der Waals surface area contributed by atoms with Gasteiger partial charge < -0.3 is 14.7 Å². The smallest absolute Gasteiger partial charge is 0.142 e. The standard InChI is InChI=1S/C18H22N2O2S/c1-22-15-6-7-17(21)14(11-15)12-19-13-16(18-5-4-10-23-18)20-8-2-3-9-20/h4-7,10-12,16,21H,2-3,8-9,13H2,1H3/p+1/t16-/m0/s1. The summed E-state index contributed by atoms with van der Waals surface area (Å²) in [5.41, 5.74) is 0.700. The van der Waals surface area contributed by atoms with Crippen molar-refractivity contribution in [3.05, 3.63) is 46.2 Å². The molecule has 0 bridgehead atoms. The van der Waals surface area contributed by atoms with Crippen molar-refractivity contribution in [2.45, 2.75) is 18.9 Å². The van der Waals surface area contributed by atoms with Crippen molar-refractivity contribution in [1.82, 2.24) is 0 Å². The lowest BCUT2D eigenvalue weighted by molar-refractivity contribution is -0.917. The monoisotopic (exact) mass is 331 g/mol. The number of quaternary nitrogens is 1. The van der Waals surface area contributed by atoms with Crippen LogP contribution in [-0.2, 0) is 0 Å². The molecule has 1 aliphatic rings. The third-order valence-corrected chi connectivity index (χ3v) is 5.36. The van der Waals surface area contributed by atoms with Crippen molar-refractivity contribution < 1.29 is 14.7 Å². The molecule has 3 rings (SSSR count). The highest BCUT2D eigenvalue weighted by Crippen LogP contribution is 2.22. The summed E-state index contributed by atoms with van der Waals surface area (Å²) in [6, 6.07) is 9.93. The number of aliphatic imine (C=N–C) groups is 1. The van der Waals surface area contributed by atoms with Crippen LogP contribution in [0, 0.1) is 0 Å². The highest BCUT2D eigenvalue weighted by molar-refractivity contribution is 7.10. The number of nitrogens with one attached hydrogen (secondary N) is 1. The summed E-state index contributed by atoms with van der Waals surface area (Å²) in [6.07, 6.45) is 4.36. The summed E-state index contributed by atoms with van der Waals surface area (Å²) in [5.74, 6) is 0.958. The number of phenols is 1. The van der Waals surface area contributed by atoms with Gasteiger partial charge in [-0.3, -0.25) is 4.99 Å². The van der Waals surface area contributed by atoms with Gasteiger partial charge in [-0.05, 0) is 29.6 Å². The molecule has 2 heterocycles. The molecule has 0 spiro atoms. The van der Waals surface area contributed by atoms with Crippen LogP contribution in [0.25, 0.3) is 0 Å². The van der Waals surface area contributed by atoms with Crippen LogP contribution in [0.4, 0.5) is 0 Å². The normalized spacial score (nSPS) is 16.9. The first-order valence-electron chi connectivity index (χ1n) is 8.02. The van der Waals surface area contributed by atoms with Crippen molar-refractivity contribution in [3.63, 3.8) is 0 Å². The molecule has 2 N–H and O–H groups in total. The zero-order valence-corrected chi connectivity index (χ0v) is 14.2. The summed E-state index contributed by atoms with van der Waals surface area (Å²) >= 11 is 1.81. The van der Waals surface area contributed by atoms with E-state index in [1.165, 1.54) is 30.8 Å². The molecule has 1 aromatic carbocycles. The molecular formula is C18H23N2O2S+. The number of hydrogen-bond acceptors (Lipinski definition) is 4. The number of phenolic OH excluding ortho intramolecular Hbond substituents is 1. The van der Waals surface area contributed by atoms with Gasteiger partial charge in [0.05, 0.1) is 31.6 Å². The quantitative estimate of drug-likeness (QED) is 0.798. The van der Waals surface area contributed by atoms with Crippen LogP contribution in [0.3, 0.4) is 0 Å². The van der Waals surface area contributed by atoms with E-state index in [9.17, 15) is 5.11 Å². The summed E-state index contributed by atoms with van der Waals surface area (Å²) in [4.78, 5) is 7.65. The minimum Gasteiger partial charge on any atom is -0.507 e. The number of methoxy groups -OCH3 is 1. The molecule has 0 amide bonds. The summed E-state index contributed by atoms with van der Waals surface area (Å²) in [6.45, 7) is 3.19. The lowest BCUT2D eigenvalue weighted by atomic mass is 10.2. The number of rotatable bonds is 6. The fraction of sp³-hybridized carbons (Fsp3) is 0.389. The van der Waals surface area contributed by atoms with E-state index in [1.807, 2.05) is 17.4 Å². The predicted molar refractivity (Wildman–Crippen MR) is 94.1 cm³/mol. The second-order valence-electron chi connectivity index (χ2n) is 5.85. The molecule has 0 radical (unpaired) electrons. The minimum absolute atomic E-state index is 0.232. The Bertz CT molecular complexity index is 649. The van der Waals surface area contributed by atoms with Gasteiger partial charge in [0.1, 0.15) is 17.5 Å². The second kappa shape index (κ2) is 7.62. The van der Waals surface area contributed by atoms with Crippen molar-refractivity contribution in [1.29, 1.82) is 0 Å². The molecule has 1 aliphatic heterocycles. The Morgan fingerprint density at radius 3 is 2.87 bits per heavy atom. The molecular weight excluding hydrogens is 308 g/mol. The zero-order chi connectivity index (χ0) is 16.1. The van der Waals surface area contributed by atoms with E-state index in [-0.39, 0.29) is 5.75 Å². The van der Waals surface area contributed by atoms with Crippen LogP contribution < -0.4 is 9.64 Å². The van der Waals surface area contributed by atoms with E-state index in [0.29, 0.717) is 11.6 Å². The highest BCUT2D eigenvalue weighted by Gasteiger charge is 2.27. The number of likely N-dealkylation sites (tertiary alicyclic amines) is 1. The third-order valence-electron chi connectivity index (χ3n) is 4.38. The number of hydrogen-bond donors (Lipinski definition) is 2. The Hall–Kier alpha value is -1.85. The Morgan fingerprint density at radius 2 is 2.17 bits per heavy atom. The Balaban J connectivity index is 1.73. The van der Waals surface area contributed by atoms with Crippen LogP contribution >= 0.6 is 11.3 Å². The molecule has 4 nitrogen and oxygen atoms in total. The Kier molecular flexibility index (Phi) is 5.31. The number of benzene rings is 1. The molecule has 122 valence electrons. The molecule has 2 aromatic rings. The van der Waals surface area contributed by atoms with Crippen LogP contribution in [0.15, 0.2) is 40.7 Å². The molecule has 1 fully saturated rings. The first-order valence-corrected chi connectivity index (χ1v) is 8.90. The summed E-state index contributed by atoms with van der Waals surface area (Å²) in [7, 11) is 1.62. The Morgan fingerprint density at radius 1 is 1.35 bits per heavy atom. The molecule has 0 saturated carbocycles. The highest BCUT2D eigenvalue weighted by atomic mass is 32.1. The molecule has 1 atom stereocenters. The summed E-state index contributed by atoms with van der Waals surface area (Å²) < 4.78 is 5.20. The maximum absolute atomic E-state index is 9.94. The first kappa shape index (κ1) is 16.0. The van der Waals surface area contributed by atoms with Gasteiger partial charge in [0.2, 0.25) is 0 Å². The van der Waals surface area contributed by atoms with Crippen LogP contribution in [-0.4, -0.2) is 38.1 Å². The van der Waals surface area contributed by atoms with Crippen LogP contribution in [0.2, 0.25) is 0 Å². The molecule has 0 aliphatic carbocycles. The second-order valence-corrected chi connectivity index (χ2v) is 6.83. The largest absolute Gasteiger partial charge is 0.507 e. The number of ether oxygens (including phenoxy) is 1. The van der Waals surface area contributed by atoms with Crippen LogP contribution in [0.5, 0.6) is 11.5 Å². The fourth-order valence-electron chi connectivity index (χ4n) is 3.11. The predicted octanol–water partition coefficient (Wildman–Crippen LogP) is 2.30. The van der Waals surface area contributed by atoms with E-state index in [0.717, 1.165) is 12.3 Å². The van der Waals surface area contributed by atoms with Gasteiger partial charge in [-0.15, -0.1) is 11.3 Å². The molecule has 1 aromatic heterocycles. The van der Waals surface area contributed by atoms with E-state index in [4.69, 9.17) is 4.74 Å². The maximum atomic E-state index is 9.94. The molecule has 1 saturated heterocycles. The zero-order valence-electron chi connectivity index (χ0n) is 13.4. The van der Waals surface area contributed by atoms with Gasteiger partial charge in [0, 0.05) is 24.6 Å². The molecule has 0 unspecified atom stereocenters. The fourth-order valence-corrected chi connectivity index (χ4v) is 3.98. The van der Waals surface area contributed by atoms with Gasteiger partial charge in [-0.2, -0.15) is 0 Å². The lowest BCUT2D eigenvalue weighted by Gasteiger charge is -2.22. The van der Waals surface area contributed by atoms with Crippen molar-refractivity contribution in [2.24, 2.45) is 4.99 Å². The van der Waals surface area contributed by atoms with E-state index in [2.05, 4.69) is 22.5 Å². The first-order chi connectivity index (χ1) is 11.3. The SMILES string of the molecule is COc1ccc(O)c(C=NC[C@@H](c2cccs2)[NH+]2CCCC2)c1.